The molecule has 4 rings (SSSR count). The SMILES string of the molecule is Cc1ncc(CO)c(CN2CCc3nc(C4=NCCCC4)[nH]c(=O)c3C2)c1O. The van der Waals surface area contributed by atoms with Crippen LogP contribution in [0.4, 0.5) is 0 Å². The molecule has 0 bridgehead atoms. The van der Waals surface area contributed by atoms with Crippen molar-refractivity contribution in [3.8, 4) is 5.75 Å². The smallest absolute Gasteiger partial charge is 0.255 e. The Labute approximate surface area is 163 Å². The normalized spacial score (nSPS) is 17.3. The highest BCUT2D eigenvalue weighted by atomic mass is 16.3. The van der Waals surface area contributed by atoms with E-state index >= 15 is 0 Å². The molecule has 2 aromatic rings. The summed E-state index contributed by atoms with van der Waals surface area (Å²) in [4.78, 5) is 31.0. The highest BCUT2D eigenvalue weighted by Crippen LogP contribution is 2.27. The lowest BCUT2D eigenvalue weighted by molar-refractivity contribution is 0.231. The van der Waals surface area contributed by atoms with Gasteiger partial charge in [0.25, 0.3) is 5.56 Å². The average molecular weight is 383 g/mol. The van der Waals surface area contributed by atoms with E-state index in [4.69, 9.17) is 4.98 Å². The van der Waals surface area contributed by atoms with Crippen LogP contribution in [0, 0.1) is 6.92 Å². The molecule has 8 nitrogen and oxygen atoms in total. The highest BCUT2D eigenvalue weighted by molar-refractivity contribution is 5.97. The van der Waals surface area contributed by atoms with Crippen LogP contribution in [0.2, 0.25) is 0 Å². The largest absolute Gasteiger partial charge is 0.506 e. The van der Waals surface area contributed by atoms with E-state index in [-0.39, 0.29) is 17.9 Å². The zero-order valence-electron chi connectivity index (χ0n) is 16.0. The molecule has 148 valence electrons. The molecule has 2 aliphatic heterocycles. The Morgan fingerprint density at radius 3 is 2.89 bits per heavy atom. The van der Waals surface area contributed by atoms with Crippen molar-refractivity contribution in [3.05, 3.63) is 50.5 Å². The molecule has 0 aromatic carbocycles. The van der Waals surface area contributed by atoms with Crippen LogP contribution < -0.4 is 5.56 Å². The Morgan fingerprint density at radius 2 is 2.14 bits per heavy atom. The average Bonchev–Trinajstić information content (AvgIpc) is 2.72. The van der Waals surface area contributed by atoms with Crippen LogP contribution in [0.5, 0.6) is 5.75 Å². The Hall–Kier alpha value is -2.58. The third-order valence-electron chi connectivity index (χ3n) is 5.53. The van der Waals surface area contributed by atoms with Crippen LogP contribution in [0.25, 0.3) is 0 Å². The summed E-state index contributed by atoms with van der Waals surface area (Å²) in [7, 11) is 0. The van der Waals surface area contributed by atoms with E-state index in [2.05, 4.69) is 19.9 Å². The van der Waals surface area contributed by atoms with Crippen molar-refractivity contribution in [2.45, 2.75) is 52.3 Å². The standard InChI is InChI=1S/C20H25N5O3/c1-12-18(27)14(13(11-26)8-22-12)9-25-7-5-16-15(10-25)20(28)24-19(23-16)17-4-2-3-6-21-17/h8,26-27H,2-7,9-11H2,1H3,(H,23,24,28). The van der Waals surface area contributed by atoms with Gasteiger partial charge in [0.1, 0.15) is 5.75 Å². The number of H-pyrrole nitrogens is 1. The number of aliphatic imine (C=N–C) groups is 1. The van der Waals surface area contributed by atoms with Crippen molar-refractivity contribution in [3.63, 3.8) is 0 Å². The molecular weight excluding hydrogens is 358 g/mol. The molecule has 0 saturated heterocycles. The predicted octanol–water partition coefficient (Wildman–Crippen LogP) is 1.20. The van der Waals surface area contributed by atoms with Gasteiger partial charge in [-0.2, -0.15) is 0 Å². The molecule has 3 N–H and O–H groups in total. The van der Waals surface area contributed by atoms with Gasteiger partial charge in [0.05, 0.1) is 29.3 Å². The molecule has 0 unspecified atom stereocenters. The second kappa shape index (κ2) is 7.81. The maximum absolute atomic E-state index is 12.7. The Bertz CT molecular complexity index is 983. The number of aromatic nitrogens is 3. The van der Waals surface area contributed by atoms with Gasteiger partial charge in [-0.15, -0.1) is 0 Å². The molecule has 28 heavy (non-hydrogen) atoms. The molecule has 0 amide bonds. The van der Waals surface area contributed by atoms with Crippen LogP contribution in [0.15, 0.2) is 16.0 Å². The summed E-state index contributed by atoms with van der Waals surface area (Å²) in [6, 6.07) is 0. The van der Waals surface area contributed by atoms with E-state index < -0.39 is 0 Å². The first-order valence-corrected chi connectivity index (χ1v) is 9.72. The number of pyridine rings is 1. The van der Waals surface area contributed by atoms with Gasteiger partial charge in [0.15, 0.2) is 5.82 Å². The van der Waals surface area contributed by atoms with Crippen molar-refractivity contribution in [2.24, 2.45) is 4.99 Å². The maximum atomic E-state index is 12.7. The lowest BCUT2D eigenvalue weighted by Crippen LogP contribution is -2.36. The van der Waals surface area contributed by atoms with Crippen molar-refractivity contribution < 1.29 is 10.2 Å². The molecule has 0 fully saturated rings. The van der Waals surface area contributed by atoms with Crippen molar-refractivity contribution in [1.29, 1.82) is 0 Å². The number of nitrogens with one attached hydrogen (secondary N) is 1. The van der Waals surface area contributed by atoms with E-state index in [1.165, 1.54) is 0 Å². The molecule has 2 aromatic heterocycles. The number of hydrogen-bond acceptors (Lipinski definition) is 7. The summed E-state index contributed by atoms with van der Waals surface area (Å²) >= 11 is 0. The zero-order chi connectivity index (χ0) is 19.7. The van der Waals surface area contributed by atoms with Crippen molar-refractivity contribution in [2.75, 3.05) is 13.1 Å². The molecule has 0 radical (unpaired) electrons. The monoisotopic (exact) mass is 383 g/mol. The number of rotatable bonds is 4. The maximum Gasteiger partial charge on any atom is 0.255 e. The summed E-state index contributed by atoms with van der Waals surface area (Å²) in [6.07, 6.45) is 5.28. The second-order valence-corrected chi connectivity index (χ2v) is 7.44. The minimum absolute atomic E-state index is 0.107. The second-order valence-electron chi connectivity index (χ2n) is 7.44. The first-order valence-electron chi connectivity index (χ1n) is 9.72. The van der Waals surface area contributed by atoms with Gasteiger partial charge in [-0.25, -0.2) is 4.98 Å². The molecule has 0 aliphatic carbocycles. The van der Waals surface area contributed by atoms with E-state index in [0.29, 0.717) is 47.7 Å². The Kier molecular flexibility index (Phi) is 5.23. The first kappa shape index (κ1) is 18.8. The van der Waals surface area contributed by atoms with Crippen molar-refractivity contribution >= 4 is 5.71 Å². The minimum atomic E-state index is -0.186. The van der Waals surface area contributed by atoms with Crippen LogP contribution in [-0.4, -0.2) is 48.9 Å². The van der Waals surface area contributed by atoms with Crippen LogP contribution in [0.1, 0.15) is 53.2 Å². The van der Waals surface area contributed by atoms with Crippen molar-refractivity contribution in [1.82, 2.24) is 19.9 Å². The third-order valence-corrected chi connectivity index (χ3v) is 5.53. The third kappa shape index (κ3) is 3.57. The lowest BCUT2D eigenvalue weighted by Gasteiger charge is -2.28. The predicted molar refractivity (Wildman–Crippen MR) is 104 cm³/mol. The summed E-state index contributed by atoms with van der Waals surface area (Å²) in [6.45, 7) is 3.96. The highest BCUT2D eigenvalue weighted by Gasteiger charge is 2.24. The van der Waals surface area contributed by atoms with E-state index in [0.717, 1.165) is 43.8 Å². The molecule has 4 heterocycles. The topological polar surface area (TPSA) is 115 Å². The molecule has 0 saturated carbocycles. The molecule has 0 atom stereocenters. The van der Waals surface area contributed by atoms with E-state index in [9.17, 15) is 15.0 Å². The lowest BCUT2D eigenvalue weighted by atomic mass is 10.0. The number of aromatic hydroxyl groups is 1. The van der Waals surface area contributed by atoms with Gasteiger partial charge in [0.2, 0.25) is 0 Å². The Balaban J connectivity index is 1.59. The molecule has 2 aliphatic rings. The zero-order valence-corrected chi connectivity index (χ0v) is 16.0. The molecule has 8 heteroatoms. The van der Waals surface area contributed by atoms with Crippen LogP contribution >= 0.6 is 0 Å². The first-order chi connectivity index (χ1) is 13.6. The van der Waals surface area contributed by atoms with Gasteiger partial charge in [-0.05, 0) is 26.2 Å². The Morgan fingerprint density at radius 1 is 1.29 bits per heavy atom. The summed E-state index contributed by atoms with van der Waals surface area (Å²) < 4.78 is 0. The number of nitrogens with zero attached hydrogens (tertiary/aromatic N) is 4. The molecular formula is C20H25N5O3. The van der Waals surface area contributed by atoms with Gasteiger partial charge >= 0.3 is 0 Å². The fourth-order valence-electron chi connectivity index (χ4n) is 3.86. The fraction of sp³-hybridized carbons (Fsp3) is 0.500. The number of aliphatic hydroxyl groups excluding tert-OH is 1. The summed E-state index contributed by atoms with van der Waals surface area (Å²) in [5, 5.41) is 20.0. The van der Waals surface area contributed by atoms with Gasteiger partial charge in [0, 0.05) is 49.9 Å². The minimum Gasteiger partial charge on any atom is -0.506 e. The van der Waals surface area contributed by atoms with Gasteiger partial charge in [-0.1, -0.05) is 0 Å². The number of hydrogen-bond donors (Lipinski definition) is 3. The van der Waals surface area contributed by atoms with Crippen LogP contribution in [0.3, 0.4) is 0 Å². The van der Waals surface area contributed by atoms with Crippen LogP contribution in [-0.2, 0) is 26.1 Å². The summed E-state index contributed by atoms with van der Waals surface area (Å²) in [5.74, 6) is 0.719. The summed E-state index contributed by atoms with van der Waals surface area (Å²) in [5.41, 5.74) is 4.08. The number of aryl methyl sites for hydroxylation is 1. The molecule has 0 spiro atoms. The van der Waals surface area contributed by atoms with Gasteiger partial charge in [-0.3, -0.25) is 19.7 Å². The number of aliphatic hydroxyl groups is 1. The quantitative estimate of drug-likeness (QED) is 0.731. The number of fused-ring (bicyclic) bond motifs is 1. The van der Waals surface area contributed by atoms with Gasteiger partial charge < -0.3 is 15.2 Å². The fourth-order valence-corrected chi connectivity index (χ4v) is 3.86. The van der Waals surface area contributed by atoms with E-state index in [1.54, 1.807) is 13.1 Å². The van der Waals surface area contributed by atoms with E-state index in [1.807, 2.05) is 0 Å². The number of aromatic amines is 1.